The molecule has 1 aromatic heterocycles. The third-order valence-corrected chi connectivity index (χ3v) is 6.77. The number of hydrogen-bond donors (Lipinski definition) is 2. The Morgan fingerprint density at radius 2 is 2.00 bits per heavy atom. The average Bonchev–Trinajstić information content (AvgIpc) is 3.09. The maximum Gasteiger partial charge on any atom is 0.274 e. The van der Waals surface area contributed by atoms with Gasteiger partial charge in [-0.3, -0.25) is 9.48 Å². The van der Waals surface area contributed by atoms with E-state index in [0.29, 0.717) is 18.8 Å². The van der Waals surface area contributed by atoms with Gasteiger partial charge in [0.1, 0.15) is 0 Å². The van der Waals surface area contributed by atoms with Crippen LogP contribution in [-0.4, -0.2) is 50.9 Å². The first-order valence-electron chi connectivity index (χ1n) is 11.2. The molecule has 1 saturated carbocycles. The molecule has 2 aliphatic rings. The van der Waals surface area contributed by atoms with Gasteiger partial charge < -0.3 is 15.3 Å². The summed E-state index contributed by atoms with van der Waals surface area (Å²) in [6.07, 6.45) is 7.94. The van der Waals surface area contributed by atoms with Crippen molar-refractivity contribution in [2.24, 2.45) is 7.05 Å². The Bertz CT molecular complexity index is 871. The van der Waals surface area contributed by atoms with E-state index in [1.807, 2.05) is 49.1 Å². The summed E-state index contributed by atoms with van der Waals surface area (Å²) in [5.74, 6) is -0.0257. The molecule has 162 valence electrons. The highest BCUT2D eigenvalue weighted by Gasteiger charge is 2.33. The van der Waals surface area contributed by atoms with Crippen molar-refractivity contribution in [1.29, 1.82) is 0 Å². The van der Waals surface area contributed by atoms with Gasteiger partial charge in [-0.25, -0.2) is 0 Å². The lowest BCUT2D eigenvalue weighted by atomic mass is 9.84. The summed E-state index contributed by atoms with van der Waals surface area (Å²) in [5, 5.41) is 19.0. The molecule has 0 radical (unpaired) electrons. The number of nitrogens with zero attached hydrogens (tertiary/aromatic N) is 3. The molecular formula is C24H34N4O2. The van der Waals surface area contributed by atoms with Crippen LogP contribution < -0.4 is 5.32 Å². The van der Waals surface area contributed by atoms with E-state index in [-0.39, 0.29) is 11.9 Å². The van der Waals surface area contributed by atoms with Crippen LogP contribution in [0, 0.1) is 0 Å². The lowest BCUT2D eigenvalue weighted by Gasteiger charge is -2.35. The van der Waals surface area contributed by atoms with Gasteiger partial charge >= 0.3 is 0 Å². The SMILES string of the molecule is CN(Cc1ccccc1)C(=O)c1nn(C)c2c1CC(NCC1(O)CCCCC1)CC2. The number of aryl methyl sites for hydroxylation is 1. The van der Waals surface area contributed by atoms with Crippen molar-refractivity contribution in [2.45, 2.75) is 69.6 Å². The van der Waals surface area contributed by atoms with Crippen LogP contribution in [0.15, 0.2) is 30.3 Å². The van der Waals surface area contributed by atoms with Crippen LogP contribution in [0.2, 0.25) is 0 Å². The number of aliphatic hydroxyl groups is 1. The van der Waals surface area contributed by atoms with Gasteiger partial charge in [0.05, 0.1) is 5.60 Å². The number of amides is 1. The Morgan fingerprint density at radius 1 is 1.27 bits per heavy atom. The first-order chi connectivity index (χ1) is 14.5. The Balaban J connectivity index is 1.44. The van der Waals surface area contributed by atoms with Crippen LogP contribution in [0.4, 0.5) is 0 Å². The van der Waals surface area contributed by atoms with Crippen LogP contribution in [-0.2, 0) is 26.4 Å². The van der Waals surface area contributed by atoms with Crippen molar-refractivity contribution >= 4 is 5.91 Å². The second-order valence-corrected chi connectivity index (χ2v) is 9.15. The molecule has 1 unspecified atom stereocenters. The topological polar surface area (TPSA) is 70.4 Å². The molecule has 1 amide bonds. The Kier molecular flexibility index (Phi) is 6.25. The fourth-order valence-corrected chi connectivity index (χ4v) is 4.97. The third kappa shape index (κ3) is 4.60. The minimum absolute atomic E-state index is 0.0257. The van der Waals surface area contributed by atoms with Crippen LogP contribution in [0.5, 0.6) is 0 Å². The van der Waals surface area contributed by atoms with Crippen LogP contribution in [0.1, 0.15) is 65.8 Å². The molecule has 4 rings (SSSR count). The van der Waals surface area contributed by atoms with Crippen molar-refractivity contribution in [3.63, 3.8) is 0 Å². The smallest absolute Gasteiger partial charge is 0.274 e. The Hall–Kier alpha value is -2.18. The van der Waals surface area contributed by atoms with Gasteiger partial charge in [0.15, 0.2) is 5.69 Å². The van der Waals surface area contributed by atoms with Gasteiger partial charge in [-0.05, 0) is 37.7 Å². The number of hydrogen-bond acceptors (Lipinski definition) is 4. The number of benzene rings is 1. The summed E-state index contributed by atoms with van der Waals surface area (Å²) in [5.41, 5.74) is 3.36. The number of aromatic nitrogens is 2. The summed E-state index contributed by atoms with van der Waals surface area (Å²) in [4.78, 5) is 14.9. The Morgan fingerprint density at radius 3 is 2.73 bits per heavy atom. The minimum Gasteiger partial charge on any atom is -0.389 e. The van der Waals surface area contributed by atoms with Crippen LogP contribution in [0.3, 0.4) is 0 Å². The summed E-state index contributed by atoms with van der Waals surface area (Å²) in [6, 6.07) is 10.3. The number of carbonyl (C=O) groups is 1. The fourth-order valence-electron chi connectivity index (χ4n) is 4.97. The molecule has 0 spiro atoms. The zero-order chi connectivity index (χ0) is 21.1. The zero-order valence-corrected chi connectivity index (χ0v) is 18.2. The van der Waals surface area contributed by atoms with E-state index >= 15 is 0 Å². The van der Waals surface area contributed by atoms with Crippen molar-refractivity contribution in [1.82, 2.24) is 20.0 Å². The second-order valence-electron chi connectivity index (χ2n) is 9.15. The molecule has 1 atom stereocenters. The predicted molar refractivity (Wildman–Crippen MR) is 117 cm³/mol. The van der Waals surface area contributed by atoms with Crippen molar-refractivity contribution in [3.8, 4) is 0 Å². The molecule has 1 heterocycles. The monoisotopic (exact) mass is 410 g/mol. The maximum atomic E-state index is 13.2. The number of fused-ring (bicyclic) bond motifs is 1. The quantitative estimate of drug-likeness (QED) is 0.768. The van der Waals surface area contributed by atoms with Gasteiger partial charge in [-0.1, -0.05) is 49.6 Å². The molecule has 1 fully saturated rings. The van der Waals surface area contributed by atoms with E-state index in [1.54, 1.807) is 4.90 Å². The summed E-state index contributed by atoms with van der Waals surface area (Å²) < 4.78 is 1.88. The highest BCUT2D eigenvalue weighted by atomic mass is 16.3. The zero-order valence-electron chi connectivity index (χ0n) is 18.2. The van der Waals surface area contributed by atoms with Gasteiger partial charge in [0.2, 0.25) is 0 Å². The van der Waals surface area contributed by atoms with E-state index in [2.05, 4.69) is 10.4 Å². The highest BCUT2D eigenvalue weighted by Crippen LogP contribution is 2.29. The lowest BCUT2D eigenvalue weighted by Crippen LogP contribution is -2.47. The van der Waals surface area contributed by atoms with Gasteiger partial charge in [-0.15, -0.1) is 0 Å². The van der Waals surface area contributed by atoms with Gasteiger partial charge in [-0.2, -0.15) is 5.10 Å². The third-order valence-electron chi connectivity index (χ3n) is 6.77. The first kappa shape index (κ1) is 21.1. The summed E-state index contributed by atoms with van der Waals surface area (Å²) >= 11 is 0. The standard InChI is InChI=1S/C24H34N4O2/c1-27(16-18-9-5-3-6-10-18)23(29)22-20-15-19(11-12-21(20)28(2)26-22)25-17-24(30)13-7-4-8-14-24/h3,5-6,9-10,19,25,30H,4,7-8,11-17H2,1-2H3. The largest absolute Gasteiger partial charge is 0.389 e. The highest BCUT2D eigenvalue weighted by molar-refractivity contribution is 5.94. The molecule has 0 aliphatic heterocycles. The molecular weight excluding hydrogens is 376 g/mol. The summed E-state index contributed by atoms with van der Waals surface area (Å²) in [6.45, 7) is 1.21. The molecule has 2 N–H and O–H groups in total. The molecule has 6 heteroatoms. The van der Waals surface area contributed by atoms with Crippen LogP contribution in [0.25, 0.3) is 0 Å². The van der Waals surface area contributed by atoms with Crippen molar-refractivity contribution < 1.29 is 9.90 Å². The lowest BCUT2D eigenvalue weighted by molar-refractivity contribution is 0.00227. The number of rotatable bonds is 6. The fraction of sp³-hybridized carbons (Fsp3) is 0.583. The van der Waals surface area contributed by atoms with E-state index in [0.717, 1.165) is 56.1 Å². The normalized spacial score (nSPS) is 20.6. The number of nitrogens with one attached hydrogen (secondary N) is 1. The van der Waals surface area contributed by atoms with Gasteiger partial charge in [0, 0.05) is 44.5 Å². The van der Waals surface area contributed by atoms with E-state index in [4.69, 9.17) is 0 Å². The average molecular weight is 411 g/mol. The minimum atomic E-state index is -0.567. The summed E-state index contributed by atoms with van der Waals surface area (Å²) in [7, 11) is 3.78. The van der Waals surface area contributed by atoms with Crippen LogP contribution >= 0.6 is 0 Å². The second kappa shape index (κ2) is 8.90. The van der Waals surface area contributed by atoms with Crippen molar-refractivity contribution in [3.05, 3.63) is 52.8 Å². The number of carbonyl (C=O) groups excluding carboxylic acids is 1. The molecule has 0 saturated heterocycles. The van der Waals surface area contributed by atoms with Crippen molar-refractivity contribution in [2.75, 3.05) is 13.6 Å². The first-order valence-corrected chi connectivity index (χ1v) is 11.2. The molecule has 2 aliphatic carbocycles. The van der Waals surface area contributed by atoms with Gasteiger partial charge in [0.25, 0.3) is 5.91 Å². The molecule has 2 aromatic rings. The molecule has 30 heavy (non-hydrogen) atoms. The van der Waals surface area contributed by atoms with E-state index in [1.165, 1.54) is 12.1 Å². The molecule has 0 bridgehead atoms. The predicted octanol–water partition coefficient (Wildman–Crippen LogP) is 2.83. The molecule has 6 nitrogen and oxygen atoms in total. The Labute approximate surface area is 179 Å². The van der Waals surface area contributed by atoms with E-state index < -0.39 is 5.60 Å². The maximum absolute atomic E-state index is 13.2. The van der Waals surface area contributed by atoms with E-state index in [9.17, 15) is 9.90 Å². The molecule has 1 aromatic carbocycles.